The summed E-state index contributed by atoms with van der Waals surface area (Å²) in [6.45, 7) is 0. The lowest BCUT2D eigenvalue weighted by molar-refractivity contribution is 0.552. The van der Waals surface area contributed by atoms with Gasteiger partial charge in [0, 0.05) is 20.0 Å². The van der Waals surface area contributed by atoms with Gasteiger partial charge in [-0.2, -0.15) is 0 Å². The second-order valence-corrected chi connectivity index (χ2v) is 6.65. The van der Waals surface area contributed by atoms with Gasteiger partial charge in [-0.3, -0.25) is 0 Å². The smallest absolute Gasteiger partial charge is 0.127 e. The Morgan fingerprint density at radius 3 is 2.55 bits per heavy atom. The summed E-state index contributed by atoms with van der Waals surface area (Å²) in [6.07, 6.45) is 0.565. The number of rotatable bonds is 4. The number of benzene rings is 2. The molecule has 0 bridgehead atoms. The molecule has 0 saturated carbocycles. The summed E-state index contributed by atoms with van der Waals surface area (Å²) in [6, 6.07) is 10.8. The van der Waals surface area contributed by atoms with Crippen molar-refractivity contribution in [2.24, 2.45) is 0 Å². The van der Waals surface area contributed by atoms with E-state index in [9.17, 15) is 4.39 Å². The van der Waals surface area contributed by atoms with Crippen LogP contribution in [0.4, 0.5) is 4.39 Å². The van der Waals surface area contributed by atoms with E-state index in [2.05, 4.69) is 37.2 Å². The van der Waals surface area contributed by atoms with Crippen LogP contribution in [0.1, 0.15) is 17.2 Å². The average Bonchev–Trinajstić information content (AvgIpc) is 2.39. The Bertz CT molecular complexity index is 619. The summed E-state index contributed by atoms with van der Waals surface area (Å²) >= 11 is 12.7. The van der Waals surface area contributed by atoms with Gasteiger partial charge in [0.15, 0.2) is 0 Å². The maximum Gasteiger partial charge on any atom is 0.127 e. The summed E-state index contributed by atoms with van der Waals surface area (Å²) in [7, 11) is 1.86. The van der Waals surface area contributed by atoms with Crippen LogP contribution >= 0.6 is 43.5 Å². The van der Waals surface area contributed by atoms with Gasteiger partial charge in [-0.1, -0.05) is 55.6 Å². The Kier molecular flexibility index (Phi) is 5.61. The van der Waals surface area contributed by atoms with Crippen LogP contribution in [0, 0.1) is 5.82 Å². The fraction of sp³-hybridized carbons (Fsp3) is 0.200. The molecule has 2 aromatic carbocycles. The third-order valence-corrected chi connectivity index (χ3v) is 4.54. The molecule has 2 aromatic rings. The van der Waals surface area contributed by atoms with Crippen molar-refractivity contribution < 1.29 is 4.39 Å². The van der Waals surface area contributed by atoms with Crippen molar-refractivity contribution in [1.82, 2.24) is 5.32 Å². The maximum absolute atomic E-state index is 13.9. The Labute approximate surface area is 139 Å². The van der Waals surface area contributed by atoms with Crippen molar-refractivity contribution >= 4 is 43.5 Å². The molecule has 0 amide bonds. The highest BCUT2D eigenvalue weighted by atomic mass is 79.9. The standard InChI is InChI=1S/C15H13Br2ClFN/c1-20-15(12-5-4-11(18)8-13(12)17)6-9-2-3-10(16)7-14(9)19/h2-5,7-8,15,20H,6H2,1H3. The molecule has 20 heavy (non-hydrogen) atoms. The molecule has 2 rings (SSSR count). The van der Waals surface area contributed by atoms with E-state index in [4.69, 9.17) is 11.6 Å². The summed E-state index contributed by atoms with van der Waals surface area (Å²) in [5, 5.41) is 3.89. The van der Waals surface area contributed by atoms with Gasteiger partial charge in [-0.05, 0) is 48.9 Å². The van der Waals surface area contributed by atoms with E-state index in [0.29, 0.717) is 17.0 Å². The highest BCUT2D eigenvalue weighted by Gasteiger charge is 2.15. The molecule has 0 radical (unpaired) electrons. The minimum Gasteiger partial charge on any atom is -0.313 e. The SMILES string of the molecule is CNC(Cc1ccc(Br)cc1F)c1ccc(Cl)cc1Br. The molecule has 1 unspecified atom stereocenters. The third-order valence-electron chi connectivity index (χ3n) is 3.13. The van der Waals surface area contributed by atoms with E-state index in [1.807, 2.05) is 31.3 Å². The van der Waals surface area contributed by atoms with Crippen molar-refractivity contribution in [2.75, 3.05) is 7.05 Å². The highest BCUT2D eigenvalue weighted by Crippen LogP contribution is 2.29. The van der Waals surface area contributed by atoms with Crippen LogP contribution in [-0.4, -0.2) is 7.05 Å². The number of hydrogen-bond acceptors (Lipinski definition) is 1. The Morgan fingerprint density at radius 2 is 1.95 bits per heavy atom. The highest BCUT2D eigenvalue weighted by molar-refractivity contribution is 9.10. The van der Waals surface area contributed by atoms with Gasteiger partial charge >= 0.3 is 0 Å². The van der Waals surface area contributed by atoms with E-state index in [1.54, 1.807) is 6.07 Å². The molecule has 1 atom stereocenters. The summed E-state index contributed by atoms with van der Waals surface area (Å²) < 4.78 is 15.6. The first kappa shape index (κ1) is 16.0. The predicted octanol–water partition coefficient (Wildman–Crippen LogP) is 5.51. The van der Waals surface area contributed by atoms with Crippen LogP contribution in [0.3, 0.4) is 0 Å². The van der Waals surface area contributed by atoms with Crippen molar-refractivity contribution in [3.05, 3.63) is 67.3 Å². The van der Waals surface area contributed by atoms with Gasteiger partial charge < -0.3 is 5.32 Å². The molecule has 0 aliphatic heterocycles. The normalized spacial score (nSPS) is 12.4. The first-order chi connectivity index (χ1) is 9.51. The van der Waals surface area contributed by atoms with Crippen LogP contribution in [-0.2, 0) is 6.42 Å². The van der Waals surface area contributed by atoms with E-state index >= 15 is 0 Å². The van der Waals surface area contributed by atoms with Gasteiger partial charge in [0.25, 0.3) is 0 Å². The average molecular weight is 422 g/mol. The molecule has 0 fully saturated rings. The Hall–Kier alpha value is -0.420. The molecule has 1 N–H and O–H groups in total. The molecule has 1 nitrogen and oxygen atoms in total. The predicted molar refractivity (Wildman–Crippen MR) is 88.8 cm³/mol. The van der Waals surface area contributed by atoms with Crippen LogP contribution in [0.25, 0.3) is 0 Å². The molecule has 0 aliphatic rings. The Morgan fingerprint density at radius 1 is 1.20 bits per heavy atom. The number of halogens is 4. The summed E-state index contributed by atoms with van der Waals surface area (Å²) in [5.41, 5.74) is 1.73. The number of nitrogens with one attached hydrogen (secondary N) is 1. The van der Waals surface area contributed by atoms with Crippen LogP contribution in [0.2, 0.25) is 5.02 Å². The van der Waals surface area contributed by atoms with E-state index < -0.39 is 0 Å². The van der Waals surface area contributed by atoms with Gasteiger partial charge in [0.1, 0.15) is 5.82 Å². The molecule has 0 heterocycles. The van der Waals surface area contributed by atoms with Gasteiger partial charge in [0.05, 0.1) is 0 Å². The summed E-state index contributed by atoms with van der Waals surface area (Å²) in [5.74, 6) is -0.204. The molecule has 5 heteroatoms. The zero-order valence-electron chi connectivity index (χ0n) is 10.8. The maximum atomic E-state index is 13.9. The van der Waals surface area contributed by atoms with Gasteiger partial charge in [-0.15, -0.1) is 0 Å². The molecule has 0 saturated heterocycles. The molecule has 0 aromatic heterocycles. The number of likely N-dealkylation sites (N-methyl/N-ethyl adjacent to an activating group) is 1. The molecule has 0 aliphatic carbocycles. The lowest BCUT2D eigenvalue weighted by Crippen LogP contribution is -2.19. The Balaban J connectivity index is 2.28. The largest absolute Gasteiger partial charge is 0.313 e. The first-order valence-electron chi connectivity index (χ1n) is 6.07. The van der Waals surface area contributed by atoms with Crippen LogP contribution in [0.15, 0.2) is 45.3 Å². The quantitative estimate of drug-likeness (QED) is 0.687. The molecule has 0 spiro atoms. The van der Waals surface area contributed by atoms with E-state index in [-0.39, 0.29) is 11.9 Å². The fourth-order valence-corrected chi connectivity index (χ4v) is 3.35. The minimum atomic E-state index is -0.204. The monoisotopic (exact) mass is 419 g/mol. The zero-order chi connectivity index (χ0) is 14.7. The van der Waals surface area contributed by atoms with E-state index in [1.165, 1.54) is 6.07 Å². The molecular weight excluding hydrogens is 408 g/mol. The van der Waals surface area contributed by atoms with Crippen molar-refractivity contribution in [2.45, 2.75) is 12.5 Å². The number of hydrogen-bond donors (Lipinski definition) is 1. The zero-order valence-corrected chi connectivity index (χ0v) is 14.7. The minimum absolute atomic E-state index is 0.0114. The van der Waals surface area contributed by atoms with Crippen molar-refractivity contribution in [3.63, 3.8) is 0 Å². The molecular formula is C15H13Br2ClFN. The van der Waals surface area contributed by atoms with Gasteiger partial charge in [-0.25, -0.2) is 4.39 Å². The first-order valence-corrected chi connectivity index (χ1v) is 8.04. The second kappa shape index (κ2) is 7.03. The van der Waals surface area contributed by atoms with E-state index in [0.717, 1.165) is 14.5 Å². The lowest BCUT2D eigenvalue weighted by atomic mass is 9.99. The topological polar surface area (TPSA) is 12.0 Å². The fourth-order valence-electron chi connectivity index (χ4n) is 2.06. The lowest BCUT2D eigenvalue weighted by Gasteiger charge is -2.19. The third kappa shape index (κ3) is 3.82. The van der Waals surface area contributed by atoms with Crippen molar-refractivity contribution in [3.8, 4) is 0 Å². The van der Waals surface area contributed by atoms with Crippen molar-refractivity contribution in [1.29, 1.82) is 0 Å². The van der Waals surface area contributed by atoms with Gasteiger partial charge in [0.2, 0.25) is 0 Å². The second-order valence-electron chi connectivity index (χ2n) is 4.45. The van der Waals surface area contributed by atoms with Crippen LogP contribution < -0.4 is 5.32 Å². The van der Waals surface area contributed by atoms with Crippen LogP contribution in [0.5, 0.6) is 0 Å². The molecule has 106 valence electrons. The summed E-state index contributed by atoms with van der Waals surface area (Å²) in [4.78, 5) is 0.